The quantitative estimate of drug-likeness (QED) is 0.622. The van der Waals surface area contributed by atoms with Crippen molar-refractivity contribution in [3.63, 3.8) is 0 Å². The zero-order valence-corrected chi connectivity index (χ0v) is 10.2. The largest absolute Gasteiger partial charge is 0.413 e. The molecule has 0 aliphatic rings. The summed E-state index contributed by atoms with van der Waals surface area (Å²) >= 11 is 0. The van der Waals surface area contributed by atoms with Crippen molar-refractivity contribution in [2.45, 2.75) is 13.0 Å². The fourth-order valence-electron chi connectivity index (χ4n) is 1.57. The minimum atomic E-state index is 0.564. The lowest BCUT2D eigenvalue weighted by atomic mass is 10.1. The van der Waals surface area contributed by atoms with E-state index >= 15 is 0 Å². The molecule has 0 saturated carbocycles. The van der Waals surface area contributed by atoms with Crippen LogP contribution in [0.1, 0.15) is 11.3 Å². The first-order valence-corrected chi connectivity index (χ1v) is 5.86. The zero-order valence-electron chi connectivity index (χ0n) is 10.2. The van der Waals surface area contributed by atoms with Gasteiger partial charge in [-0.25, -0.2) is 0 Å². The Bertz CT molecular complexity index is 482. The van der Waals surface area contributed by atoms with E-state index in [0.717, 1.165) is 5.69 Å². The van der Waals surface area contributed by atoms with Crippen LogP contribution in [0.5, 0.6) is 0 Å². The van der Waals surface area contributed by atoms with Gasteiger partial charge in [-0.1, -0.05) is 43.0 Å². The molecule has 2 rings (SSSR count). The Morgan fingerprint density at radius 2 is 1.89 bits per heavy atom. The molecule has 0 unspecified atom stereocenters. The molecule has 1 heterocycles. The zero-order chi connectivity index (χ0) is 12.6. The molecule has 2 aromatic rings. The van der Waals surface area contributed by atoms with E-state index in [4.69, 9.17) is 4.84 Å². The minimum Gasteiger partial charge on any atom is -0.413 e. The topological polar surface area (TPSA) is 34.1 Å². The third-order valence-electron chi connectivity index (χ3n) is 2.44. The van der Waals surface area contributed by atoms with Gasteiger partial charge in [-0.2, -0.15) is 5.48 Å². The lowest BCUT2D eigenvalue weighted by Gasteiger charge is -2.09. The van der Waals surface area contributed by atoms with Crippen molar-refractivity contribution in [3.8, 4) is 0 Å². The van der Waals surface area contributed by atoms with Crippen molar-refractivity contribution >= 4 is 0 Å². The van der Waals surface area contributed by atoms with Gasteiger partial charge in [0.05, 0.1) is 12.2 Å². The van der Waals surface area contributed by atoms with Crippen LogP contribution in [0.3, 0.4) is 0 Å². The summed E-state index contributed by atoms with van der Waals surface area (Å²) in [5, 5.41) is 0. The standard InChI is InChI=1S/C15H16N2O/c1-13(11-14-7-3-2-4-8-14)18-17-12-15-9-5-6-10-16-15/h2-10,17H,1,11-12H2. The third-order valence-corrected chi connectivity index (χ3v) is 2.44. The number of pyridine rings is 1. The number of hydrogen-bond donors (Lipinski definition) is 1. The first-order chi connectivity index (χ1) is 8.84. The lowest BCUT2D eigenvalue weighted by molar-refractivity contribution is 0.0965. The highest BCUT2D eigenvalue weighted by atomic mass is 16.6. The van der Waals surface area contributed by atoms with Gasteiger partial charge in [-0.05, 0) is 17.7 Å². The van der Waals surface area contributed by atoms with E-state index in [2.05, 4.69) is 17.0 Å². The number of rotatable bonds is 6. The summed E-state index contributed by atoms with van der Waals surface area (Å²) in [6.07, 6.45) is 2.46. The third kappa shape index (κ3) is 4.03. The Labute approximate surface area is 107 Å². The Kier molecular flexibility index (Phi) is 4.50. The smallest absolute Gasteiger partial charge is 0.121 e. The van der Waals surface area contributed by atoms with Gasteiger partial charge in [0.25, 0.3) is 0 Å². The Balaban J connectivity index is 1.73. The Morgan fingerprint density at radius 1 is 1.11 bits per heavy atom. The van der Waals surface area contributed by atoms with Crippen molar-refractivity contribution in [1.82, 2.24) is 10.5 Å². The second-order valence-electron chi connectivity index (χ2n) is 3.95. The Hall–Kier alpha value is -2.13. The number of allylic oxidation sites excluding steroid dienone is 1. The molecule has 0 atom stereocenters. The van der Waals surface area contributed by atoms with E-state index in [-0.39, 0.29) is 0 Å². The number of benzene rings is 1. The maximum absolute atomic E-state index is 5.37. The van der Waals surface area contributed by atoms with Crippen LogP contribution in [-0.4, -0.2) is 4.98 Å². The van der Waals surface area contributed by atoms with Crippen molar-refractivity contribution in [2.24, 2.45) is 0 Å². The molecule has 0 fully saturated rings. The van der Waals surface area contributed by atoms with Crippen LogP contribution in [0.15, 0.2) is 67.1 Å². The summed E-state index contributed by atoms with van der Waals surface area (Å²) in [5.41, 5.74) is 4.98. The molecule has 3 nitrogen and oxygen atoms in total. The van der Waals surface area contributed by atoms with Crippen LogP contribution in [-0.2, 0) is 17.8 Å². The van der Waals surface area contributed by atoms with E-state index in [0.29, 0.717) is 18.7 Å². The number of nitrogens with zero attached hydrogens (tertiary/aromatic N) is 1. The molecule has 92 valence electrons. The molecule has 1 N–H and O–H groups in total. The van der Waals surface area contributed by atoms with Crippen molar-refractivity contribution in [2.75, 3.05) is 0 Å². The van der Waals surface area contributed by atoms with Gasteiger partial charge in [0.2, 0.25) is 0 Å². The molecular formula is C15H16N2O. The van der Waals surface area contributed by atoms with E-state index in [1.807, 2.05) is 48.5 Å². The SMILES string of the molecule is C=C(Cc1ccccc1)ONCc1ccccn1. The van der Waals surface area contributed by atoms with Crippen LogP contribution in [0.4, 0.5) is 0 Å². The number of nitrogens with one attached hydrogen (secondary N) is 1. The average molecular weight is 240 g/mol. The molecule has 0 spiro atoms. The number of hydrogen-bond acceptors (Lipinski definition) is 3. The van der Waals surface area contributed by atoms with Gasteiger partial charge in [-0.3, -0.25) is 4.98 Å². The van der Waals surface area contributed by atoms with Gasteiger partial charge in [0.1, 0.15) is 5.76 Å². The van der Waals surface area contributed by atoms with E-state index in [9.17, 15) is 0 Å². The highest BCUT2D eigenvalue weighted by molar-refractivity contribution is 5.18. The number of aromatic nitrogens is 1. The molecule has 0 saturated heterocycles. The molecule has 1 aromatic carbocycles. The van der Waals surface area contributed by atoms with E-state index < -0.39 is 0 Å². The first kappa shape index (κ1) is 12.3. The molecule has 0 bridgehead atoms. The molecule has 18 heavy (non-hydrogen) atoms. The summed E-state index contributed by atoms with van der Waals surface area (Å²) < 4.78 is 0. The fourth-order valence-corrected chi connectivity index (χ4v) is 1.57. The van der Waals surface area contributed by atoms with Crippen molar-refractivity contribution < 1.29 is 4.84 Å². The first-order valence-electron chi connectivity index (χ1n) is 5.86. The molecule has 3 heteroatoms. The van der Waals surface area contributed by atoms with Crippen LogP contribution < -0.4 is 5.48 Å². The molecule has 0 aliphatic heterocycles. The van der Waals surface area contributed by atoms with Gasteiger partial charge in [0.15, 0.2) is 0 Å². The predicted molar refractivity (Wildman–Crippen MR) is 71.4 cm³/mol. The predicted octanol–water partition coefficient (Wildman–Crippen LogP) is 2.86. The Morgan fingerprint density at radius 3 is 2.61 bits per heavy atom. The lowest BCUT2D eigenvalue weighted by Crippen LogP contribution is -2.15. The van der Waals surface area contributed by atoms with Crippen molar-refractivity contribution in [1.29, 1.82) is 0 Å². The summed E-state index contributed by atoms with van der Waals surface area (Å²) in [5.74, 6) is 0.692. The van der Waals surface area contributed by atoms with Crippen molar-refractivity contribution in [3.05, 3.63) is 78.3 Å². The van der Waals surface area contributed by atoms with Crippen LogP contribution in [0.25, 0.3) is 0 Å². The van der Waals surface area contributed by atoms with Gasteiger partial charge >= 0.3 is 0 Å². The summed E-state index contributed by atoms with van der Waals surface area (Å²) in [6.45, 7) is 4.44. The van der Waals surface area contributed by atoms with Gasteiger partial charge in [0, 0.05) is 12.6 Å². The molecule has 1 aromatic heterocycles. The highest BCUT2D eigenvalue weighted by Gasteiger charge is 1.98. The molecule has 0 aliphatic carbocycles. The van der Waals surface area contributed by atoms with Crippen LogP contribution >= 0.6 is 0 Å². The maximum atomic E-state index is 5.37. The molecular weight excluding hydrogens is 224 g/mol. The minimum absolute atomic E-state index is 0.564. The molecule has 0 radical (unpaired) electrons. The molecule has 0 amide bonds. The summed E-state index contributed by atoms with van der Waals surface area (Å²) in [7, 11) is 0. The van der Waals surface area contributed by atoms with E-state index in [1.54, 1.807) is 6.20 Å². The average Bonchev–Trinajstić information content (AvgIpc) is 2.41. The second kappa shape index (κ2) is 6.57. The monoisotopic (exact) mass is 240 g/mol. The normalized spacial score (nSPS) is 10.0. The number of hydroxylamine groups is 1. The van der Waals surface area contributed by atoms with E-state index in [1.165, 1.54) is 5.56 Å². The van der Waals surface area contributed by atoms with Crippen LogP contribution in [0.2, 0.25) is 0 Å². The van der Waals surface area contributed by atoms with Crippen LogP contribution in [0, 0.1) is 0 Å². The summed E-state index contributed by atoms with van der Waals surface area (Å²) in [4.78, 5) is 9.55. The summed E-state index contributed by atoms with van der Waals surface area (Å²) in [6, 6.07) is 15.9. The fraction of sp³-hybridized carbons (Fsp3) is 0.133. The maximum Gasteiger partial charge on any atom is 0.121 e. The highest BCUT2D eigenvalue weighted by Crippen LogP contribution is 2.06. The second-order valence-corrected chi connectivity index (χ2v) is 3.95. The van der Waals surface area contributed by atoms with Gasteiger partial charge in [-0.15, -0.1) is 0 Å². The van der Waals surface area contributed by atoms with Gasteiger partial charge < -0.3 is 4.84 Å².